The standard InChI is InChI=1S/C14H12FNO2/c1-7-5-6-9-11(14(17)18)8-3-2-4-10(15)13(8)16-12(7)9/h2-4,7H,5-6H2,1H3,(H,17,18). The molecule has 1 aliphatic carbocycles. The number of halogens is 1. The third-order valence-corrected chi connectivity index (χ3v) is 3.61. The number of rotatable bonds is 1. The van der Waals surface area contributed by atoms with Gasteiger partial charge in [-0.25, -0.2) is 14.2 Å². The summed E-state index contributed by atoms with van der Waals surface area (Å²) in [5.74, 6) is -1.27. The molecule has 1 unspecified atom stereocenters. The quantitative estimate of drug-likeness (QED) is 0.839. The van der Waals surface area contributed by atoms with E-state index in [9.17, 15) is 14.3 Å². The fourth-order valence-electron chi connectivity index (χ4n) is 2.71. The van der Waals surface area contributed by atoms with Gasteiger partial charge in [-0.1, -0.05) is 19.1 Å². The largest absolute Gasteiger partial charge is 0.478 e. The van der Waals surface area contributed by atoms with Crippen molar-refractivity contribution in [2.24, 2.45) is 0 Å². The number of hydrogen-bond donors (Lipinski definition) is 1. The van der Waals surface area contributed by atoms with E-state index in [1.54, 1.807) is 6.07 Å². The van der Waals surface area contributed by atoms with Gasteiger partial charge >= 0.3 is 5.97 Å². The second-order valence-electron chi connectivity index (χ2n) is 4.73. The number of para-hydroxylation sites is 1. The maximum Gasteiger partial charge on any atom is 0.336 e. The Morgan fingerprint density at radius 3 is 3.00 bits per heavy atom. The first kappa shape index (κ1) is 11.1. The second-order valence-corrected chi connectivity index (χ2v) is 4.73. The minimum Gasteiger partial charge on any atom is -0.478 e. The molecule has 2 aromatic rings. The summed E-state index contributed by atoms with van der Waals surface area (Å²) in [6, 6.07) is 4.46. The fourth-order valence-corrected chi connectivity index (χ4v) is 2.71. The van der Waals surface area contributed by atoms with Crippen LogP contribution in [0, 0.1) is 5.82 Å². The SMILES string of the molecule is CC1CCc2c1nc1c(F)cccc1c2C(=O)O. The highest BCUT2D eigenvalue weighted by molar-refractivity contribution is 6.04. The summed E-state index contributed by atoms with van der Waals surface area (Å²) in [7, 11) is 0. The number of aromatic nitrogens is 1. The molecular formula is C14H12FNO2. The Morgan fingerprint density at radius 1 is 1.50 bits per heavy atom. The molecule has 1 aromatic heterocycles. The van der Waals surface area contributed by atoms with Crippen LogP contribution < -0.4 is 0 Å². The van der Waals surface area contributed by atoms with Crippen molar-refractivity contribution >= 4 is 16.9 Å². The monoisotopic (exact) mass is 245 g/mol. The summed E-state index contributed by atoms with van der Waals surface area (Å²) in [6.07, 6.45) is 1.58. The molecule has 18 heavy (non-hydrogen) atoms. The highest BCUT2D eigenvalue weighted by atomic mass is 19.1. The number of aromatic carboxylic acids is 1. The molecule has 0 saturated heterocycles. The van der Waals surface area contributed by atoms with E-state index in [-0.39, 0.29) is 17.0 Å². The molecule has 1 aliphatic rings. The van der Waals surface area contributed by atoms with Crippen LogP contribution >= 0.6 is 0 Å². The van der Waals surface area contributed by atoms with E-state index in [2.05, 4.69) is 4.98 Å². The smallest absolute Gasteiger partial charge is 0.336 e. The lowest BCUT2D eigenvalue weighted by Gasteiger charge is -2.10. The van der Waals surface area contributed by atoms with E-state index in [4.69, 9.17) is 0 Å². The molecule has 0 saturated carbocycles. The van der Waals surface area contributed by atoms with Gasteiger partial charge in [0.2, 0.25) is 0 Å². The molecule has 1 aromatic carbocycles. The van der Waals surface area contributed by atoms with Crippen LogP contribution in [-0.2, 0) is 6.42 Å². The van der Waals surface area contributed by atoms with Crippen LogP contribution in [0.5, 0.6) is 0 Å². The zero-order chi connectivity index (χ0) is 12.9. The van der Waals surface area contributed by atoms with Crippen molar-refractivity contribution in [1.29, 1.82) is 0 Å². The van der Waals surface area contributed by atoms with Crippen LogP contribution in [0.15, 0.2) is 18.2 Å². The van der Waals surface area contributed by atoms with Crippen molar-refractivity contribution in [3.05, 3.63) is 40.8 Å². The Kier molecular flexibility index (Phi) is 2.33. The highest BCUT2D eigenvalue weighted by Gasteiger charge is 2.28. The van der Waals surface area contributed by atoms with Crippen molar-refractivity contribution in [3.8, 4) is 0 Å². The normalized spacial score (nSPS) is 18.0. The molecule has 0 radical (unpaired) electrons. The third-order valence-electron chi connectivity index (χ3n) is 3.61. The number of fused-ring (bicyclic) bond motifs is 2. The van der Waals surface area contributed by atoms with Crippen molar-refractivity contribution in [3.63, 3.8) is 0 Å². The topological polar surface area (TPSA) is 50.2 Å². The molecule has 1 atom stereocenters. The van der Waals surface area contributed by atoms with Gasteiger partial charge in [-0.05, 0) is 30.4 Å². The average Bonchev–Trinajstić information content (AvgIpc) is 2.69. The van der Waals surface area contributed by atoms with Crippen LogP contribution in [0.2, 0.25) is 0 Å². The Hall–Kier alpha value is -1.97. The number of pyridine rings is 1. The van der Waals surface area contributed by atoms with Crippen molar-refractivity contribution in [2.75, 3.05) is 0 Å². The number of carboxylic acid groups (broad SMARTS) is 1. The van der Waals surface area contributed by atoms with Gasteiger partial charge in [-0.15, -0.1) is 0 Å². The summed E-state index contributed by atoms with van der Waals surface area (Å²) in [5, 5.41) is 9.77. The summed E-state index contributed by atoms with van der Waals surface area (Å²) in [4.78, 5) is 15.8. The predicted octanol–water partition coefficient (Wildman–Crippen LogP) is 3.12. The average molecular weight is 245 g/mol. The minimum atomic E-state index is -1.00. The molecule has 0 bridgehead atoms. The molecule has 92 valence electrons. The molecule has 0 fully saturated rings. The fraction of sp³-hybridized carbons (Fsp3) is 0.286. The molecule has 0 amide bonds. The van der Waals surface area contributed by atoms with E-state index in [0.29, 0.717) is 11.8 Å². The Bertz CT molecular complexity index is 666. The molecule has 0 spiro atoms. The van der Waals surface area contributed by atoms with Gasteiger partial charge < -0.3 is 5.11 Å². The van der Waals surface area contributed by atoms with Gasteiger partial charge in [0, 0.05) is 11.1 Å². The molecule has 1 N–H and O–H groups in total. The number of carbonyl (C=O) groups is 1. The summed E-state index contributed by atoms with van der Waals surface area (Å²) < 4.78 is 13.8. The molecular weight excluding hydrogens is 233 g/mol. The van der Waals surface area contributed by atoms with Gasteiger partial charge in [-0.2, -0.15) is 0 Å². The van der Waals surface area contributed by atoms with Gasteiger partial charge in [0.15, 0.2) is 0 Å². The molecule has 3 nitrogen and oxygen atoms in total. The molecule has 4 heteroatoms. The third kappa shape index (κ3) is 1.41. The molecule has 0 aliphatic heterocycles. The number of hydrogen-bond acceptors (Lipinski definition) is 2. The van der Waals surface area contributed by atoms with Crippen LogP contribution in [0.3, 0.4) is 0 Å². The Labute approximate surface area is 103 Å². The maximum absolute atomic E-state index is 13.8. The van der Waals surface area contributed by atoms with Crippen LogP contribution in [0.4, 0.5) is 4.39 Å². The van der Waals surface area contributed by atoms with E-state index in [1.165, 1.54) is 12.1 Å². The maximum atomic E-state index is 13.8. The Morgan fingerprint density at radius 2 is 2.28 bits per heavy atom. The zero-order valence-corrected chi connectivity index (χ0v) is 9.90. The van der Waals surface area contributed by atoms with E-state index >= 15 is 0 Å². The van der Waals surface area contributed by atoms with Crippen LogP contribution in [0.25, 0.3) is 10.9 Å². The predicted molar refractivity (Wildman–Crippen MR) is 65.4 cm³/mol. The lowest BCUT2D eigenvalue weighted by molar-refractivity contribution is 0.0698. The Balaban J connectivity index is 2.48. The van der Waals surface area contributed by atoms with Crippen molar-refractivity contribution < 1.29 is 14.3 Å². The first-order valence-electron chi connectivity index (χ1n) is 5.94. The van der Waals surface area contributed by atoms with Crippen molar-refractivity contribution in [2.45, 2.75) is 25.7 Å². The van der Waals surface area contributed by atoms with Crippen molar-refractivity contribution in [1.82, 2.24) is 4.98 Å². The first-order valence-corrected chi connectivity index (χ1v) is 5.94. The van der Waals surface area contributed by atoms with Gasteiger partial charge in [0.1, 0.15) is 11.3 Å². The summed E-state index contributed by atoms with van der Waals surface area (Å²) in [6.45, 7) is 2.00. The summed E-state index contributed by atoms with van der Waals surface area (Å²) in [5.41, 5.74) is 1.90. The first-order chi connectivity index (χ1) is 8.59. The van der Waals surface area contributed by atoms with Crippen LogP contribution in [-0.4, -0.2) is 16.1 Å². The minimum absolute atomic E-state index is 0.169. The lowest BCUT2D eigenvalue weighted by Crippen LogP contribution is -2.06. The number of carboxylic acids is 1. The molecule has 3 rings (SSSR count). The van der Waals surface area contributed by atoms with E-state index < -0.39 is 11.8 Å². The molecule has 1 heterocycles. The van der Waals surface area contributed by atoms with E-state index in [0.717, 1.165) is 17.7 Å². The number of nitrogens with zero attached hydrogens (tertiary/aromatic N) is 1. The van der Waals surface area contributed by atoms with Gasteiger partial charge in [-0.3, -0.25) is 0 Å². The van der Waals surface area contributed by atoms with Crippen LogP contribution in [0.1, 0.15) is 40.9 Å². The van der Waals surface area contributed by atoms with Gasteiger partial charge in [0.05, 0.1) is 5.56 Å². The lowest BCUT2D eigenvalue weighted by atomic mass is 10.0. The number of benzene rings is 1. The van der Waals surface area contributed by atoms with Gasteiger partial charge in [0.25, 0.3) is 0 Å². The van der Waals surface area contributed by atoms with E-state index in [1.807, 2.05) is 6.92 Å². The zero-order valence-electron chi connectivity index (χ0n) is 9.90. The second kappa shape index (κ2) is 3.77. The summed E-state index contributed by atoms with van der Waals surface area (Å²) >= 11 is 0. The highest BCUT2D eigenvalue weighted by Crippen LogP contribution is 2.37.